The summed E-state index contributed by atoms with van der Waals surface area (Å²) in [5.74, 6) is -0.301. The van der Waals surface area contributed by atoms with Crippen LogP contribution in [-0.2, 0) is 29.6 Å². The number of benzene rings is 1. The van der Waals surface area contributed by atoms with Gasteiger partial charge in [0.2, 0.25) is 0 Å². The quantitative estimate of drug-likeness (QED) is 0.633. The number of carbonyl (C=O) groups is 1. The number of esters is 1. The largest absolute Gasteiger partial charge is 0.459 e. The molecule has 0 saturated carbocycles. The molecule has 0 amide bonds. The minimum absolute atomic E-state index is 0.141. The maximum Gasteiger partial charge on any atom is 0.310 e. The van der Waals surface area contributed by atoms with E-state index in [1.165, 1.54) is 0 Å². The molecule has 0 aliphatic rings. The number of hydrogen-bond donors (Lipinski definition) is 1. The van der Waals surface area contributed by atoms with E-state index in [9.17, 15) is 4.79 Å². The average molecular weight is 246 g/mol. The number of hydrogen-bond acceptors (Lipinski definition) is 5. The lowest BCUT2D eigenvalue weighted by Crippen LogP contribution is -2.08. The van der Waals surface area contributed by atoms with Crippen molar-refractivity contribution in [3.05, 3.63) is 41.7 Å². The van der Waals surface area contributed by atoms with Crippen molar-refractivity contribution < 1.29 is 9.53 Å². The van der Waals surface area contributed by atoms with Crippen molar-refractivity contribution in [2.45, 2.75) is 13.0 Å². The summed E-state index contributed by atoms with van der Waals surface area (Å²) in [5, 5.41) is 7.58. The summed E-state index contributed by atoms with van der Waals surface area (Å²) >= 11 is 0. The van der Waals surface area contributed by atoms with Gasteiger partial charge in [-0.15, -0.1) is 5.10 Å². The van der Waals surface area contributed by atoms with Gasteiger partial charge in [0.05, 0.1) is 12.6 Å². The van der Waals surface area contributed by atoms with Crippen molar-refractivity contribution in [2.75, 3.05) is 5.73 Å². The summed E-state index contributed by atoms with van der Waals surface area (Å²) in [5.41, 5.74) is 7.73. The SMILES string of the molecule is Cn1cc(COC(=O)Cc2ccc(N)cc2)nn1. The fraction of sp³-hybridized carbons (Fsp3) is 0.250. The van der Waals surface area contributed by atoms with Gasteiger partial charge in [-0.1, -0.05) is 17.3 Å². The molecule has 18 heavy (non-hydrogen) atoms. The van der Waals surface area contributed by atoms with Crippen LogP contribution in [0.3, 0.4) is 0 Å². The highest BCUT2D eigenvalue weighted by Crippen LogP contribution is 2.07. The molecule has 1 aromatic carbocycles. The fourth-order valence-electron chi connectivity index (χ4n) is 1.47. The first-order valence-electron chi connectivity index (χ1n) is 5.49. The molecule has 94 valence electrons. The van der Waals surface area contributed by atoms with Gasteiger partial charge in [-0.2, -0.15) is 0 Å². The number of ether oxygens (including phenoxy) is 1. The Labute approximate surface area is 104 Å². The van der Waals surface area contributed by atoms with Crippen LogP contribution >= 0.6 is 0 Å². The Morgan fingerprint density at radius 1 is 1.39 bits per heavy atom. The maximum atomic E-state index is 11.6. The lowest BCUT2D eigenvalue weighted by molar-refractivity contribution is -0.144. The number of nitrogens with zero attached hydrogens (tertiary/aromatic N) is 3. The van der Waals surface area contributed by atoms with Gasteiger partial charge >= 0.3 is 5.97 Å². The second-order valence-electron chi connectivity index (χ2n) is 3.96. The summed E-state index contributed by atoms with van der Waals surface area (Å²) < 4.78 is 6.65. The third-order valence-electron chi connectivity index (χ3n) is 2.36. The predicted octanol–water partition coefficient (Wildman–Crippen LogP) is 0.683. The summed E-state index contributed by atoms with van der Waals surface area (Å²) in [4.78, 5) is 11.6. The summed E-state index contributed by atoms with van der Waals surface area (Å²) in [6, 6.07) is 7.12. The molecule has 1 aromatic heterocycles. The Kier molecular flexibility index (Phi) is 3.57. The molecule has 6 nitrogen and oxygen atoms in total. The number of aromatic nitrogens is 3. The number of carbonyl (C=O) groups excluding carboxylic acids is 1. The topological polar surface area (TPSA) is 83.0 Å². The van der Waals surface area contributed by atoms with E-state index in [0.29, 0.717) is 11.4 Å². The van der Waals surface area contributed by atoms with Crippen LogP contribution in [-0.4, -0.2) is 21.0 Å². The maximum absolute atomic E-state index is 11.6. The molecule has 0 aliphatic carbocycles. The highest BCUT2D eigenvalue weighted by Gasteiger charge is 2.06. The minimum Gasteiger partial charge on any atom is -0.459 e. The summed E-state index contributed by atoms with van der Waals surface area (Å²) in [6.07, 6.45) is 1.93. The van der Waals surface area contributed by atoms with Gasteiger partial charge in [0, 0.05) is 12.7 Å². The molecule has 0 saturated heterocycles. The molecule has 1 heterocycles. The van der Waals surface area contributed by atoms with Gasteiger partial charge in [0.25, 0.3) is 0 Å². The Morgan fingerprint density at radius 3 is 2.72 bits per heavy atom. The Balaban J connectivity index is 1.83. The van der Waals surface area contributed by atoms with Crippen LogP contribution in [0.15, 0.2) is 30.5 Å². The van der Waals surface area contributed by atoms with E-state index in [1.807, 2.05) is 0 Å². The van der Waals surface area contributed by atoms with Crippen LogP contribution in [0.2, 0.25) is 0 Å². The number of rotatable bonds is 4. The predicted molar refractivity (Wildman–Crippen MR) is 65.4 cm³/mol. The molecule has 0 spiro atoms. The Hall–Kier alpha value is -2.37. The normalized spacial score (nSPS) is 10.3. The Bertz CT molecular complexity index is 533. The van der Waals surface area contributed by atoms with E-state index >= 15 is 0 Å². The molecule has 6 heteroatoms. The number of anilines is 1. The van der Waals surface area contributed by atoms with Gasteiger partial charge < -0.3 is 10.5 Å². The molecule has 0 aliphatic heterocycles. The van der Waals surface area contributed by atoms with Crippen LogP contribution in [0.25, 0.3) is 0 Å². The smallest absolute Gasteiger partial charge is 0.310 e. The van der Waals surface area contributed by atoms with Crippen LogP contribution in [0.5, 0.6) is 0 Å². The van der Waals surface area contributed by atoms with Crippen molar-refractivity contribution in [1.29, 1.82) is 0 Å². The number of nitrogen functional groups attached to an aromatic ring is 1. The first-order chi connectivity index (χ1) is 8.63. The molecular formula is C12H14N4O2. The van der Waals surface area contributed by atoms with E-state index in [1.54, 1.807) is 42.2 Å². The number of nitrogens with two attached hydrogens (primary N) is 1. The highest BCUT2D eigenvalue weighted by atomic mass is 16.5. The zero-order valence-electron chi connectivity index (χ0n) is 10.0. The van der Waals surface area contributed by atoms with Crippen LogP contribution in [0.4, 0.5) is 5.69 Å². The third-order valence-corrected chi connectivity index (χ3v) is 2.36. The van der Waals surface area contributed by atoms with Gasteiger partial charge in [-0.25, -0.2) is 0 Å². The van der Waals surface area contributed by atoms with Crippen LogP contribution < -0.4 is 5.73 Å². The standard InChI is InChI=1S/C12H14N4O2/c1-16-7-11(14-15-16)8-18-12(17)6-9-2-4-10(13)5-3-9/h2-5,7H,6,8,13H2,1H3. The van der Waals surface area contributed by atoms with Gasteiger partial charge in [0.15, 0.2) is 0 Å². The van der Waals surface area contributed by atoms with Crippen molar-refractivity contribution in [3.63, 3.8) is 0 Å². The molecule has 2 N–H and O–H groups in total. The van der Waals surface area contributed by atoms with E-state index in [-0.39, 0.29) is 19.0 Å². The molecule has 0 fully saturated rings. The number of aryl methyl sites for hydroxylation is 1. The second kappa shape index (κ2) is 5.31. The van der Waals surface area contributed by atoms with Crippen molar-refractivity contribution >= 4 is 11.7 Å². The zero-order chi connectivity index (χ0) is 13.0. The highest BCUT2D eigenvalue weighted by molar-refractivity contribution is 5.72. The zero-order valence-corrected chi connectivity index (χ0v) is 10.0. The van der Waals surface area contributed by atoms with E-state index in [0.717, 1.165) is 5.56 Å². The van der Waals surface area contributed by atoms with Crippen molar-refractivity contribution in [3.8, 4) is 0 Å². The lowest BCUT2D eigenvalue weighted by atomic mass is 10.1. The van der Waals surface area contributed by atoms with Crippen LogP contribution in [0, 0.1) is 0 Å². The van der Waals surface area contributed by atoms with Gasteiger partial charge in [-0.05, 0) is 17.7 Å². The van der Waals surface area contributed by atoms with Crippen molar-refractivity contribution in [2.24, 2.45) is 7.05 Å². The molecule has 0 unspecified atom stereocenters. The minimum atomic E-state index is -0.301. The van der Waals surface area contributed by atoms with Crippen molar-refractivity contribution in [1.82, 2.24) is 15.0 Å². The molecule has 0 bridgehead atoms. The third kappa shape index (κ3) is 3.31. The molecule has 0 atom stereocenters. The molecular weight excluding hydrogens is 232 g/mol. The van der Waals surface area contributed by atoms with Crippen LogP contribution in [0.1, 0.15) is 11.3 Å². The monoisotopic (exact) mass is 246 g/mol. The molecule has 2 rings (SSSR count). The molecule has 2 aromatic rings. The summed E-state index contributed by atoms with van der Waals surface area (Å²) in [6.45, 7) is 0.141. The fourth-order valence-corrected chi connectivity index (χ4v) is 1.47. The average Bonchev–Trinajstić information content (AvgIpc) is 2.76. The second-order valence-corrected chi connectivity index (χ2v) is 3.96. The first-order valence-corrected chi connectivity index (χ1v) is 5.49. The van der Waals surface area contributed by atoms with Gasteiger partial charge in [-0.3, -0.25) is 9.48 Å². The Morgan fingerprint density at radius 2 is 2.11 bits per heavy atom. The van der Waals surface area contributed by atoms with E-state index in [2.05, 4.69) is 10.3 Å². The molecule has 0 radical (unpaired) electrons. The van der Waals surface area contributed by atoms with E-state index < -0.39 is 0 Å². The lowest BCUT2D eigenvalue weighted by Gasteiger charge is -2.03. The van der Waals surface area contributed by atoms with Gasteiger partial charge in [0.1, 0.15) is 12.3 Å². The van der Waals surface area contributed by atoms with E-state index in [4.69, 9.17) is 10.5 Å². The summed E-state index contributed by atoms with van der Waals surface area (Å²) in [7, 11) is 1.76. The first kappa shape index (κ1) is 12.1.